The SMILES string of the molecule is CCS(=O)(=O)N1CCN(Cc2cccc(C(=O)Nc3cccc(C(F)(F)F)c3)c2)CC1. The highest BCUT2D eigenvalue weighted by Crippen LogP contribution is 2.30. The van der Waals surface area contributed by atoms with Gasteiger partial charge in [0, 0.05) is 44.0 Å². The summed E-state index contributed by atoms with van der Waals surface area (Å²) in [4.78, 5) is 14.6. The van der Waals surface area contributed by atoms with E-state index in [9.17, 15) is 26.4 Å². The number of halogens is 3. The van der Waals surface area contributed by atoms with Crippen LogP contribution in [0.5, 0.6) is 0 Å². The molecule has 3 rings (SSSR count). The third-order valence-electron chi connectivity index (χ3n) is 5.13. The zero-order chi connectivity index (χ0) is 22.6. The fourth-order valence-electron chi connectivity index (χ4n) is 3.39. The van der Waals surface area contributed by atoms with E-state index in [-0.39, 0.29) is 11.4 Å². The van der Waals surface area contributed by atoms with Gasteiger partial charge in [0.15, 0.2) is 0 Å². The van der Waals surface area contributed by atoms with Crippen molar-refractivity contribution in [3.8, 4) is 0 Å². The highest BCUT2D eigenvalue weighted by Gasteiger charge is 2.30. The highest BCUT2D eigenvalue weighted by atomic mass is 32.2. The number of nitrogens with one attached hydrogen (secondary N) is 1. The first-order chi connectivity index (χ1) is 14.6. The van der Waals surface area contributed by atoms with Crippen LogP contribution in [0, 0.1) is 0 Å². The number of benzene rings is 2. The molecular formula is C21H24F3N3O3S. The molecule has 0 aromatic heterocycles. The van der Waals surface area contributed by atoms with Crippen LogP contribution in [0.4, 0.5) is 18.9 Å². The maximum atomic E-state index is 12.9. The summed E-state index contributed by atoms with van der Waals surface area (Å²) in [5.74, 6) is -0.421. The first-order valence-electron chi connectivity index (χ1n) is 9.86. The number of sulfonamides is 1. The Balaban J connectivity index is 1.62. The first-order valence-corrected chi connectivity index (χ1v) is 11.5. The largest absolute Gasteiger partial charge is 0.416 e. The van der Waals surface area contributed by atoms with Crippen LogP contribution >= 0.6 is 0 Å². The molecule has 10 heteroatoms. The molecule has 1 saturated heterocycles. The summed E-state index contributed by atoms with van der Waals surface area (Å²) >= 11 is 0. The molecule has 31 heavy (non-hydrogen) atoms. The van der Waals surface area contributed by atoms with Crippen LogP contribution in [0.15, 0.2) is 48.5 Å². The molecule has 6 nitrogen and oxygen atoms in total. The summed E-state index contributed by atoms with van der Waals surface area (Å²) < 4.78 is 64.0. The van der Waals surface area contributed by atoms with Crippen LogP contribution < -0.4 is 5.32 Å². The number of nitrogens with zero attached hydrogens (tertiary/aromatic N) is 2. The molecule has 0 bridgehead atoms. The van der Waals surface area contributed by atoms with E-state index in [0.717, 1.165) is 17.7 Å². The highest BCUT2D eigenvalue weighted by molar-refractivity contribution is 7.89. The van der Waals surface area contributed by atoms with Gasteiger partial charge in [-0.25, -0.2) is 8.42 Å². The van der Waals surface area contributed by atoms with Crippen molar-refractivity contribution in [1.29, 1.82) is 0 Å². The number of hydrogen-bond donors (Lipinski definition) is 1. The predicted molar refractivity (Wildman–Crippen MR) is 112 cm³/mol. The van der Waals surface area contributed by atoms with E-state index < -0.39 is 27.7 Å². The minimum atomic E-state index is -4.48. The van der Waals surface area contributed by atoms with Gasteiger partial charge in [-0.2, -0.15) is 17.5 Å². The minimum Gasteiger partial charge on any atom is -0.322 e. The quantitative estimate of drug-likeness (QED) is 0.725. The molecule has 0 spiro atoms. The van der Waals surface area contributed by atoms with E-state index in [1.807, 2.05) is 6.07 Å². The van der Waals surface area contributed by atoms with Crippen molar-refractivity contribution in [3.63, 3.8) is 0 Å². The van der Waals surface area contributed by atoms with E-state index in [2.05, 4.69) is 10.2 Å². The van der Waals surface area contributed by atoms with Crippen molar-refractivity contribution in [2.24, 2.45) is 0 Å². The zero-order valence-corrected chi connectivity index (χ0v) is 17.8. The second-order valence-corrected chi connectivity index (χ2v) is 9.57. The molecule has 1 heterocycles. The average molecular weight is 456 g/mol. The first kappa shape index (κ1) is 23.2. The molecule has 1 amide bonds. The minimum absolute atomic E-state index is 0.0680. The molecule has 0 unspecified atom stereocenters. The van der Waals surface area contributed by atoms with Gasteiger partial charge in [0.2, 0.25) is 10.0 Å². The lowest BCUT2D eigenvalue weighted by atomic mass is 10.1. The molecule has 2 aromatic rings. The number of carbonyl (C=O) groups is 1. The van der Waals surface area contributed by atoms with E-state index in [1.54, 1.807) is 25.1 Å². The summed E-state index contributed by atoms with van der Waals surface area (Å²) in [5, 5.41) is 2.50. The lowest BCUT2D eigenvalue weighted by Crippen LogP contribution is -2.48. The van der Waals surface area contributed by atoms with Crippen LogP contribution in [0.2, 0.25) is 0 Å². The molecule has 1 aliphatic rings. The average Bonchev–Trinajstić information content (AvgIpc) is 2.74. The molecular weight excluding hydrogens is 431 g/mol. The van der Waals surface area contributed by atoms with Crippen molar-refractivity contribution in [2.45, 2.75) is 19.6 Å². The molecule has 0 aliphatic carbocycles. The molecule has 0 saturated carbocycles. The van der Waals surface area contributed by atoms with Crippen LogP contribution in [0.1, 0.15) is 28.4 Å². The Kier molecular flexibility index (Phi) is 7.03. The summed E-state index contributed by atoms with van der Waals surface area (Å²) in [6, 6.07) is 11.3. The van der Waals surface area contributed by atoms with Gasteiger partial charge < -0.3 is 5.32 Å². The number of anilines is 1. The van der Waals surface area contributed by atoms with Gasteiger partial charge in [-0.1, -0.05) is 18.2 Å². The monoisotopic (exact) mass is 455 g/mol. The summed E-state index contributed by atoms with van der Waals surface area (Å²) in [7, 11) is -3.19. The number of rotatable bonds is 6. The zero-order valence-electron chi connectivity index (χ0n) is 17.0. The van der Waals surface area contributed by atoms with Crippen molar-refractivity contribution in [2.75, 3.05) is 37.2 Å². The Bertz CT molecular complexity index is 1030. The Morgan fingerprint density at radius 3 is 2.35 bits per heavy atom. The Morgan fingerprint density at radius 2 is 1.71 bits per heavy atom. The summed E-state index contributed by atoms with van der Waals surface area (Å²) in [6.45, 7) is 4.18. The predicted octanol–water partition coefficient (Wildman–Crippen LogP) is 3.43. The van der Waals surface area contributed by atoms with Gasteiger partial charge in [0.1, 0.15) is 0 Å². The molecule has 1 N–H and O–H groups in total. The maximum absolute atomic E-state index is 12.9. The van der Waals surface area contributed by atoms with E-state index in [0.29, 0.717) is 38.3 Å². The lowest BCUT2D eigenvalue weighted by Gasteiger charge is -2.33. The Labute approximate surface area is 179 Å². The Morgan fingerprint density at radius 1 is 1.03 bits per heavy atom. The molecule has 2 aromatic carbocycles. The summed E-state index contributed by atoms with van der Waals surface area (Å²) in [5.41, 5.74) is 0.437. The smallest absolute Gasteiger partial charge is 0.322 e. The maximum Gasteiger partial charge on any atom is 0.416 e. The standard InChI is InChI=1S/C21H24F3N3O3S/c1-2-31(29,30)27-11-9-26(10-12-27)15-16-5-3-6-17(13-16)20(28)25-19-8-4-7-18(14-19)21(22,23)24/h3-8,13-14H,2,9-12,15H2,1H3,(H,25,28). The fraction of sp³-hybridized carbons (Fsp3) is 0.381. The van der Waals surface area contributed by atoms with Gasteiger partial charge in [-0.15, -0.1) is 0 Å². The van der Waals surface area contributed by atoms with Crippen LogP contribution in [-0.4, -0.2) is 55.5 Å². The van der Waals surface area contributed by atoms with E-state index >= 15 is 0 Å². The molecule has 1 aliphatic heterocycles. The van der Waals surface area contributed by atoms with Crippen LogP contribution in [0.25, 0.3) is 0 Å². The Hall–Kier alpha value is -2.43. The van der Waals surface area contributed by atoms with Crippen LogP contribution in [-0.2, 0) is 22.7 Å². The fourth-order valence-corrected chi connectivity index (χ4v) is 4.48. The van der Waals surface area contributed by atoms with E-state index in [1.165, 1.54) is 16.4 Å². The topological polar surface area (TPSA) is 69.7 Å². The third-order valence-corrected chi connectivity index (χ3v) is 7.01. The molecule has 168 valence electrons. The number of amides is 1. The van der Waals surface area contributed by atoms with Gasteiger partial charge in [-0.3, -0.25) is 9.69 Å². The normalized spacial score (nSPS) is 16.3. The van der Waals surface area contributed by atoms with Crippen molar-refractivity contribution in [3.05, 3.63) is 65.2 Å². The second-order valence-electron chi connectivity index (χ2n) is 7.31. The van der Waals surface area contributed by atoms with Gasteiger partial charge in [0.25, 0.3) is 5.91 Å². The summed E-state index contributed by atoms with van der Waals surface area (Å²) in [6.07, 6.45) is -4.48. The van der Waals surface area contributed by atoms with Gasteiger partial charge >= 0.3 is 6.18 Å². The van der Waals surface area contributed by atoms with Crippen molar-refractivity contribution >= 4 is 21.6 Å². The van der Waals surface area contributed by atoms with E-state index in [4.69, 9.17) is 0 Å². The third kappa shape index (κ3) is 6.05. The van der Waals surface area contributed by atoms with Crippen molar-refractivity contribution < 1.29 is 26.4 Å². The van der Waals surface area contributed by atoms with Gasteiger partial charge in [-0.05, 0) is 42.8 Å². The van der Waals surface area contributed by atoms with Crippen LogP contribution in [0.3, 0.4) is 0 Å². The number of carbonyl (C=O) groups excluding carboxylic acids is 1. The lowest BCUT2D eigenvalue weighted by molar-refractivity contribution is -0.137. The second kappa shape index (κ2) is 9.37. The number of hydrogen-bond acceptors (Lipinski definition) is 4. The van der Waals surface area contributed by atoms with Gasteiger partial charge in [0.05, 0.1) is 11.3 Å². The molecule has 1 fully saturated rings. The number of piperazine rings is 1. The molecule has 0 radical (unpaired) electrons. The number of alkyl halides is 3. The molecule has 0 atom stereocenters. The van der Waals surface area contributed by atoms with Crippen molar-refractivity contribution in [1.82, 2.24) is 9.21 Å².